The normalized spacial score (nSPS) is 17.0. The number of piperidine rings is 1. The topological polar surface area (TPSA) is 46.1 Å². The molecule has 1 amide bonds. The molecule has 1 saturated heterocycles. The van der Waals surface area contributed by atoms with Gasteiger partial charge in [-0.2, -0.15) is 13.2 Å². The number of likely N-dealkylation sites (tertiary alicyclic amines) is 1. The molecule has 0 unspecified atom stereocenters. The van der Waals surface area contributed by atoms with Gasteiger partial charge in [0.05, 0.1) is 17.0 Å². The molecule has 4 nitrogen and oxygen atoms in total. The second-order valence-corrected chi connectivity index (χ2v) is 7.33. The van der Waals surface area contributed by atoms with Gasteiger partial charge in [0.1, 0.15) is 0 Å². The molecule has 1 atom stereocenters. The first kappa shape index (κ1) is 20.1. The number of hydrogen-bond acceptors (Lipinski definition) is 3. The molecule has 0 radical (unpaired) electrons. The monoisotopic (exact) mass is 411 g/mol. The van der Waals surface area contributed by atoms with Gasteiger partial charge in [-0.15, -0.1) is 0 Å². The second-order valence-electron chi connectivity index (χ2n) is 7.33. The minimum absolute atomic E-state index is 0.0511. The Morgan fingerprint density at radius 3 is 2.53 bits per heavy atom. The van der Waals surface area contributed by atoms with Crippen molar-refractivity contribution in [2.24, 2.45) is 0 Å². The minimum atomic E-state index is -4.43. The zero-order valence-electron chi connectivity index (χ0n) is 16.1. The maximum absolute atomic E-state index is 13.2. The van der Waals surface area contributed by atoms with Crippen LogP contribution < -0.4 is 0 Å². The Labute approximate surface area is 172 Å². The molecule has 2 heterocycles. The van der Waals surface area contributed by atoms with Crippen LogP contribution in [0, 0.1) is 0 Å². The zero-order chi connectivity index (χ0) is 21.1. The standard InChI is InChI=1S/C23H20F3N3O/c24-23(25,26)19-10-4-8-17(14-19)20-21(28-12-11-27-20)18-9-5-13-29(15-18)22(30)16-6-2-1-3-7-16/h1-4,6-8,10-12,14,18H,5,9,13,15H2/t18-/m1/s1. The average molecular weight is 411 g/mol. The Morgan fingerprint density at radius 2 is 1.77 bits per heavy atom. The van der Waals surface area contributed by atoms with E-state index in [9.17, 15) is 18.0 Å². The molecule has 0 saturated carbocycles. The number of halogens is 3. The molecule has 1 fully saturated rings. The van der Waals surface area contributed by atoms with Gasteiger partial charge in [-0.3, -0.25) is 14.8 Å². The number of benzene rings is 2. The van der Waals surface area contributed by atoms with Crippen LogP contribution in [-0.4, -0.2) is 33.9 Å². The summed E-state index contributed by atoms with van der Waals surface area (Å²) in [5.74, 6) is -0.144. The fourth-order valence-corrected chi connectivity index (χ4v) is 3.86. The van der Waals surface area contributed by atoms with E-state index >= 15 is 0 Å². The summed E-state index contributed by atoms with van der Waals surface area (Å²) in [6.07, 6.45) is 0.187. The van der Waals surface area contributed by atoms with Crippen molar-refractivity contribution < 1.29 is 18.0 Å². The van der Waals surface area contributed by atoms with Crippen molar-refractivity contribution in [1.29, 1.82) is 0 Å². The van der Waals surface area contributed by atoms with E-state index in [1.165, 1.54) is 12.3 Å². The van der Waals surface area contributed by atoms with Crippen molar-refractivity contribution >= 4 is 5.91 Å². The van der Waals surface area contributed by atoms with Crippen molar-refractivity contribution in [2.45, 2.75) is 24.9 Å². The van der Waals surface area contributed by atoms with Gasteiger partial charge in [0.2, 0.25) is 0 Å². The van der Waals surface area contributed by atoms with Crippen molar-refractivity contribution in [3.63, 3.8) is 0 Å². The average Bonchev–Trinajstić information content (AvgIpc) is 2.79. The molecule has 3 aromatic rings. The number of carbonyl (C=O) groups is 1. The Hall–Kier alpha value is -3.22. The van der Waals surface area contributed by atoms with Gasteiger partial charge < -0.3 is 4.90 Å². The first-order chi connectivity index (χ1) is 14.4. The van der Waals surface area contributed by atoms with Crippen LogP contribution in [0.5, 0.6) is 0 Å². The summed E-state index contributed by atoms with van der Waals surface area (Å²) >= 11 is 0. The molecule has 1 aliphatic heterocycles. The van der Waals surface area contributed by atoms with Gasteiger partial charge in [0.15, 0.2) is 0 Å². The van der Waals surface area contributed by atoms with E-state index in [4.69, 9.17) is 0 Å². The minimum Gasteiger partial charge on any atom is -0.338 e. The van der Waals surface area contributed by atoms with Crippen LogP contribution in [-0.2, 0) is 6.18 Å². The molecule has 4 rings (SSSR count). The number of hydrogen-bond donors (Lipinski definition) is 0. The van der Waals surface area contributed by atoms with Gasteiger partial charge in [0, 0.05) is 42.5 Å². The van der Waals surface area contributed by atoms with Gasteiger partial charge in [0.25, 0.3) is 5.91 Å². The van der Waals surface area contributed by atoms with E-state index in [1.54, 1.807) is 29.3 Å². The lowest BCUT2D eigenvalue weighted by Crippen LogP contribution is -2.39. The van der Waals surface area contributed by atoms with Crippen molar-refractivity contribution in [3.05, 3.63) is 83.8 Å². The summed E-state index contributed by atoms with van der Waals surface area (Å²) in [5, 5.41) is 0. The third-order valence-electron chi connectivity index (χ3n) is 5.31. The lowest BCUT2D eigenvalue weighted by molar-refractivity contribution is -0.137. The summed E-state index contributed by atoms with van der Waals surface area (Å²) in [6, 6.07) is 14.2. The molecule has 7 heteroatoms. The Morgan fingerprint density at radius 1 is 1.00 bits per heavy atom. The lowest BCUT2D eigenvalue weighted by atomic mass is 9.91. The SMILES string of the molecule is O=C(c1ccccc1)N1CCC[C@@H](c2nccnc2-c2cccc(C(F)(F)F)c2)C1. The predicted molar refractivity (Wildman–Crippen MR) is 107 cm³/mol. The molecule has 0 aliphatic carbocycles. The number of alkyl halides is 3. The van der Waals surface area contributed by atoms with Crippen LogP contribution in [0.3, 0.4) is 0 Å². The Balaban J connectivity index is 1.63. The second kappa shape index (κ2) is 8.26. The highest BCUT2D eigenvalue weighted by atomic mass is 19.4. The van der Waals surface area contributed by atoms with Crippen LogP contribution in [0.15, 0.2) is 67.0 Å². The van der Waals surface area contributed by atoms with Crippen molar-refractivity contribution in [3.8, 4) is 11.3 Å². The van der Waals surface area contributed by atoms with E-state index < -0.39 is 11.7 Å². The summed E-state index contributed by atoms with van der Waals surface area (Å²) < 4.78 is 39.5. The molecule has 30 heavy (non-hydrogen) atoms. The van der Waals surface area contributed by atoms with E-state index in [2.05, 4.69) is 9.97 Å². The molecule has 0 spiro atoms. The van der Waals surface area contributed by atoms with Crippen molar-refractivity contribution in [2.75, 3.05) is 13.1 Å². The molecule has 1 aromatic heterocycles. The number of carbonyl (C=O) groups excluding carboxylic acids is 1. The van der Waals surface area contributed by atoms with Crippen LogP contribution >= 0.6 is 0 Å². The summed E-state index contributed by atoms with van der Waals surface area (Å²) in [4.78, 5) is 23.4. The largest absolute Gasteiger partial charge is 0.416 e. The van der Waals surface area contributed by atoms with E-state index in [0.717, 1.165) is 25.0 Å². The van der Waals surface area contributed by atoms with Crippen LogP contribution in [0.1, 0.15) is 40.4 Å². The number of nitrogens with zero attached hydrogens (tertiary/aromatic N) is 3. The fraction of sp³-hybridized carbons (Fsp3) is 0.261. The Bertz CT molecular complexity index is 1040. The molecular weight excluding hydrogens is 391 g/mol. The van der Waals surface area contributed by atoms with Crippen LogP contribution in [0.25, 0.3) is 11.3 Å². The third kappa shape index (κ3) is 4.20. The number of aromatic nitrogens is 2. The van der Waals surface area contributed by atoms with Gasteiger partial charge >= 0.3 is 6.18 Å². The highest BCUT2D eigenvalue weighted by Crippen LogP contribution is 2.35. The zero-order valence-corrected chi connectivity index (χ0v) is 16.1. The lowest BCUT2D eigenvalue weighted by Gasteiger charge is -2.33. The fourth-order valence-electron chi connectivity index (χ4n) is 3.86. The molecule has 0 bridgehead atoms. The maximum Gasteiger partial charge on any atom is 0.416 e. The first-order valence-electron chi connectivity index (χ1n) is 9.76. The molecule has 2 aromatic carbocycles. The van der Waals surface area contributed by atoms with Gasteiger partial charge in [-0.25, -0.2) is 0 Å². The molecular formula is C23H20F3N3O. The number of rotatable bonds is 3. The smallest absolute Gasteiger partial charge is 0.338 e. The Kier molecular flexibility index (Phi) is 5.53. The summed E-state index contributed by atoms with van der Waals surface area (Å²) in [7, 11) is 0. The van der Waals surface area contributed by atoms with Gasteiger partial charge in [-0.1, -0.05) is 30.3 Å². The third-order valence-corrected chi connectivity index (χ3v) is 5.31. The molecule has 154 valence electrons. The highest BCUT2D eigenvalue weighted by molar-refractivity contribution is 5.94. The molecule has 1 aliphatic rings. The van der Waals surface area contributed by atoms with Crippen molar-refractivity contribution in [1.82, 2.24) is 14.9 Å². The van der Waals surface area contributed by atoms with E-state index in [-0.39, 0.29) is 11.8 Å². The first-order valence-corrected chi connectivity index (χ1v) is 9.76. The summed E-state index contributed by atoms with van der Waals surface area (Å²) in [5.41, 5.74) is 1.33. The maximum atomic E-state index is 13.2. The van der Waals surface area contributed by atoms with E-state index in [0.29, 0.717) is 35.6 Å². The quantitative estimate of drug-likeness (QED) is 0.596. The molecule has 0 N–H and O–H groups in total. The van der Waals surface area contributed by atoms with Crippen LogP contribution in [0.4, 0.5) is 13.2 Å². The van der Waals surface area contributed by atoms with Gasteiger partial charge in [-0.05, 0) is 37.1 Å². The summed E-state index contributed by atoms with van der Waals surface area (Å²) in [6.45, 7) is 1.10. The van der Waals surface area contributed by atoms with Crippen LogP contribution in [0.2, 0.25) is 0 Å². The number of amides is 1. The van der Waals surface area contributed by atoms with E-state index in [1.807, 2.05) is 18.2 Å². The highest BCUT2D eigenvalue weighted by Gasteiger charge is 2.32. The predicted octanol–water partition coefficient (Wildman–Crippen LogP) is 5.18.